The number of hydrogen-bond acceptors (Lipinski definition) is 4. The Morgan fingerprint density at radius 2 is 1.58 bits per heavy atom. The Kier molecular flexibility index (Phi) is 6.99. The first-order valence-electron chi connectivity index (χ1n) is 10.2. The van der Waals surface area contributed by atoms with Gasteiger partial charge in [0.1, 0.15) is 0 Å². The molecule has 1 heterocycles. The van der Waals surface area contributed by atoms with Crippen LogP contribution in [0.1, 0.15) is 42.8 Å². The van der Waals surface area contributed by atoms with Crippen molar-refractivity contribution >= 4 is 46.7 Å². The van der Waals surface area contributed by atoms with Crippen molar-refractivity contribution in [2.75, 3.05) is 22.1 Å². The molecule has 3 aromatic rings. The highest BCUT2D eigenvalue weighted by Crippen LogP contribution is 2.43. The molecule has 0 bridgehead atoms. The summed E-state index contributed by atoms with van der Waals surface area (Å²) in [7, 11) is 0. The molecule has 0 spiro atoms. The van der Waals surface area contributed by atoms with Crippen LogP contribution in [0.5, 0.6) is 0 Å². The number of aryl methyl sites for hydroxylation is 1. The number of benzene rings is 3. The van der Waals surface area contributed by atoms with Crippen molar-refractivity contribution in [3.05, 3.63) is 95.1 Å². The summed E-state index contributed by atoms with van der Waals surface area (Å²) in [6, 6.07) is 22.4. The van der Waals surface area contributed by atoms with Gasteiger partial charge in [-0.1, -0.05) is 36.4 Å². The fourth-order valence-corrected chi connectivity index (χ4v) is 6.27. The van der Waals surface area contributed by atoms with E-state index in [1.807, 2.05) is 79.0 Å². The number of nitrogens with one attached hydrogen (secondary N) is 2. The summed E-state index contributed by atoms with van der Waals surface area (Å²) < 4.78 is 0.442. The maximum atomic E-state index is 12.8. The predicted molar refractivity (Wildman–Crippen MR) is 132 cm³/mol. The van der Waals surface area contributed by atoms with Crippen LogP contribution in [-0.4, -0.2) is 23.3 Å². The first kappa shape index (κ1) is 21.5. The monoisotopic (exact) mass is 448 g/mol. The van der Waals surface area contributed by atoms with Crippen molar-refractivity contribution in [3.8, 4) is 0 Å². The van der Waals surface area contributed by atoms with Crippen molar-refractivity contribution in [1.29, 1.82) is 0 Å². The summed E-state index contributed by atoms with van der Waals surface area (Å²) in [5, 5.41) is 5.80. The van der Waals surface area contributed by atoms with E-state index in [2.05, 4.69) is 10.6 Å². The van der Waals surface area contributed by atoms with Gasteiger partial charge in [0.25, 0.3) is 11.8 Å². The topological polar surface area (TPSA) is 58.2 Å². The number of anilines is 2. The maximum absolute atomic E-state index is 12.8. The lowest BCUT2D eigenvalue weighted by Crippen LogP contribution is -2.18. The van der Waals surface area contributed by atoms with E-state index < -0.39 is 0 Å². The van der Waals surface area contributed by atoms with Crippen LogP contribution >= 0.6 is 23.5 Å². The molecular weight excluding hydrogens is 424 g/mol. The van der Waals surface area contributed by atoms with Crippen LogP contribution in [0.25, 0.3) is 0 Å². The fraction of sp³-hybridized carbons (Fsp3) is 0.200. The molecular formula is C25H24N2O2S2. The highest BCUT2D eigenvalue weighted by molar-refractivity contribution is 8.16. The van der Waals surface area contributed by atoms with Crippen LogP contribution in [0.2, 0.25) is 0 Å². The summed E-state index contributed by atoms with van der Waals surface area (Å²) in [5.41, 5.74) is 4.50. The molecule has 31 heavy (non-hydrogen) atoms. The van der Waals surface area contributed by atoms with Gasteiger partial charge in [0.2, 0.25) is 0 Å². The van der Waals surface area contributed by atoms with Crippen LogP contribution in [0.4, 0.5) is 11.4 Å². The van der Waals surface area contributed by atoms with Crippen LogP contribution in [0.15, 0.2) is 72.8 Å². The molecule has 0 radical (unpaired) electrons. The first-order valence-corrected chi connectivity index (χ1v) is 12.3. The van der Waals surface area contributed by atoms with Crippen molar-refractivity contribution < 1.29 is 9.59 Å². The average molecular weight is 449 g/mol. The smallest absolute Gasteiger partial charge is 0.257 e. The standard InChI is InChI=1S/C25H24N2O2S2/c1-17-6-4-7-20(16-17)26-24(29)21-8-2-3-9-22(21)27-23(28)18-10-12-19(13-11-18)25-30-14-5-15-31-25/h2-4,6-13,16,25H,5,14-15H2,1H3,(H,26,29)(H,27,28). The van der Waals surface area contributed by atoms with Crippen molar-refractivity contribution in [2.45, 2.75) is 17.9 Å². The SMILES string of the molecule is Cc1cccc(NC(=O)c2ccccc2NC(=O)c2ccc(C3SCCCS3)cc2)c1. The second kappa shape index (κ2) is 10.1. The third-order valence-electron chi connectivity index (χ3n) is 4.97. The summed E-state index contributed by atoms with van der Waals surface area (Å²) >= 11 is 3.92. The predicted octanol–water partition coefficient (Wildman–Crippen LogP) is 6.37. The number of amides is 2. The molecule has 1 aliphatic heterocycles. The third-order valence-corrected chi connectivity index (χ3v) is 7.98. The van der Waals surface area contributed by atoms with Gasteiger partial charge in [0.05, 0.1) is 15.8 Å². The van der Waals surface area contributed by atoms with Crippen LogP contribution in [0.3, 0.4) is 0 Å². The number of carbonyl (C=O) groups is 2. The molecule has 2 amide bonds. The Balaban J connectivity index is 1.46. The lowest BCUT2D eigenvalue weighted by atomic mass is 10.1. The van der Waals surface area contributed by atoms with E-state index in [9.17, 15) is 9.59 Å². The minimum Gasteiger partial charge on any atom is -0.322 e. The molecule has 3 aromatic carbocycles. The Labute approximate surface area is 191 Å². The van der Waals surface area contributed by atoms with Gasteiger partial charge in [0.15, 0.2) is 0 Å². The zero-order chi connectivity index (χ0) is 21.6. The van der Waals surface area contributed by atoms with E-state index in [1.54, 1.807) is 24.3 Å². The van der Waals surface area contributed by atoms with E-state index in [1.165, 1.54) is 23.5 Å². The summed E-state index contributed by atoms with van der Waals surface area (Å²) in [5.74, 6) is 1.87. The molecule has 4 nitrogen and oxygen atoms in total. The van der Waals surface area contributed by atoms with Crippen LogP contribution < -0.4 is 10.6 Å². The van der Waals surface area contributed by atoms with Crippen LogP contribution in [0, 0.1) is 6.92 Å². The highest BCUT2D eigenvalue weighted by Gasteiger charge is 2.18. The molecule has 1 saturated heterocycles. The molecule has 1 aliphatic rings. The number of carbonyl (C=O) groups excluding carboxylic acids is 2. The van der Waals surface area contributed by atoms with Gasteiger partial charge in [-0.3, -0.25) is 9.59 Å². The largest absolute Gasteiger partial charge is 0.322 e. The quantitative estimate of drug-likeness (QED) is 0.476. The summed E-state index contributed by atoms with van der Waals surface area (Å²) in [6.07, 6.45) is 1.25. The molecule has 0 saturated carbocycles. The van der Waals surface area contributed by atoms with Gasteiger partial charge >= 0.3 is 0 Å². The Bertz CT molecular complexity index is 1080. The molecule has 6 heteroatoms. The maximum Gasteiger partial charge on any atom is 0.257 e. The van der Waals surface area contributed by atoms with Gasteiger partial charge in [-0.05, 0) is 72.4 Å². The molecule has 0 aliphatic carbocycles. The van der Waals surface area contributed by atoms with Gasteiger partial charge in [-0.15, -0.1) is 23.5 Å². The molecule has 0 aromatic heterocycles. The molecule has 1 fully saturated rings. The minimum atomic E-state index is -0.261. The van der Waals surface area contributed by atoms with Crippen molar-refractivity contribution in [2.24, 2.45) is 0 Å². The lowest BCUT2D eigenvalue weighted by Gasteiger charge is -2.21. The Morgan fingerprint density at radius 3 is 2.32 bits per heavy atom. The number of para-hydroxylation sites is 1. The van der Waals surface area contributed by atoms with Gasteiger partial charge < -0.3 is 10.6 Å². The third kappa shape index (κ3) is 5.51. The number of hydrogen-bond donors (Lipinski definition) is 2. The molecule has 158 valence electrons. The van der Waals surface area contributed by atoms with Crippen LogP contribution in [-0.2, 0) is 0 Å². The molecule has 0 unspecified atom stereocenters. The van der Waals surface area contributed by atoms with E-state index in [-0.39, 0.29) is 11.8 Å². The summed E-state index contributed by atoms with van der Waals surface area (Å²) in [6.45, 7) is 1.97. The van der Waals surface area contributed by atoms with Crippen molar-refractivity contribution in [3.63, 3.8) is 0 Å². The van der Waals surface area contributed by atoms with E-state index in [0.717, 1.165) is 11.3 Å². The average Bonchev–Trinajstić information content (AvgIpc) is 2.80. The van der Waals surface area contributed by atoms with Gasteiger partial charge in [-0.25, -0.2) is 0 Å². The Hall–Kier alpha value is -2.70. The summed E-state index contributed by atoms with van der Waals surface area (Å²) in [4.78, 5) is 25.6. The highest BCUT2D eigenvalue weighted by atomic mass is 32.2. The van der Waals surface area contributed by atoms with Gasteiger partial charge in [0, 0.05) is 11.3 Å². The first-order chi connectivity index (χ1) is 15.1. The van der Waals surface area contributed by atoms with E-state index in [0.29, 0.717) is 21.4 Å². The molecule has 4 rings (SSSR count). The number of thioether (sulfide) groups is 2. The molecule has 2 N–H and O–H groups in total. The fourth-order valence-electron chi connectivity index (χ4n) is 3.38. The zero-order valence-corrected chi connectivity index (χ0v) is 18.9. The van der Waals surface area contributed by atoms with E-state index in [4.69, 9.17) is 0 Å². The lowest BCUT2D eigenvalue weighted by molar-refractivity contribution is 0.102. The van der Waals surface area contributed by atoms with Crippen molar-refractivity contribution in [1.82, 2.24) is 0 Å². The second-order valence-electron chi connectivity index (χ2n) is 7.37. The normalized spacial score (nSPS) is 14.1. The zero-order valence-electron chi connectivity index (χ0n) is 17.3. The Morgan fingerprint density at radius 1 is 0.839 bits per heavy atom. The number of rotatable bonds is 5. The second-order valence-corrected chi connectivity index (χ2v) is 10.1. The molecule has 0 atom stereocenters. The van der Waals surface area contributed by atoms with Gasteiger partial charge in [-0.2, -0.15) is 0 Å². The van der Waals surface area contributed by atoms with E-state index >= 15 is 0 Å². The minimum absolute atomic E-state index is 0.230.